The van der Waals surface area contributed by atoms with Crippen LogP contribution in [0.2, 0.25) is 10.2 Å². The smallest absolute Gasteiger partial charge is 0.139 e. The summed E-state index contributed by atoms with van der Waals surface area (Å²) in [5.74, 6) is 0. The van der Waals surface area contributed by atoms with Gasteiger partial charge < -0.3 is 4.98 Å². The highest BCUT2D eigenvalue weighted by Gasteiger charge is 2.18. The molecule has 0 amide bonds. The van der Waals surface area contributed by atoms with Crippen molar-refractivity contribution in [1.29, 1.82) is 0 Å². The van der Waals surface area contributed by atoms with E-state index in [9.17, 15) is 0 Å². The average molecular weight is 340 g/mol. The van der Waals surface area contributed by atoms with Crippen molar-refractivity contribution in [3.05, 3.63) is 71.2 Å². The standard InChI is InChI=1S/C18H11Cl2N3/c19-12-6-7-14-13(8-12)16(11-4-2-1-3-5-11)17(18(20)23-14)15-9-21-10-22-15/h1-10H,(H,21,22). The van der Waals surface area contributed by atoms with Gasteiger partial charge in [-0.1, -0.05) is 53.5 Å². The van der Waals surface area contributed by atoms with E-state index in [1.807, 2.05) is 48.5 Å². The van der Waals surface area contributed by atoms with Gasteiger partial charge in [0.2, 0.25) is 0 Å². The third kappa shape index (κ3) is 2.48. The molecular weight excluding hydrogens is 329 g/mol. The molecule has 23 heavy (non-hydrogen) atoms. The molecule has 0 fully saturated rings. The Morgan fingerprint density at radius 2 is 1.74 bits per heavy atom. The van der Waals surface area contributed by atoms with Crippen LogP contribution in [0, 0.1) is 0 Å². The maximum Gasteiger partial charge on any atom is 0.139 e. The quantitative estimate of drug-likeness (QED) is 0.483. The first kappa shape index (κ1) is 14.2. The van der Waals surface area contributed by atoms with Gasteiger partial charge in [0.25, 0.3) is 0 Å². The van der Waals surface area contributed by atoms with Crippen LogP contribution in [0.4, 0.5) is 0 Å². The lowest BCUT2D eigenvalue weighted by Gasteiger charge is -2.14. The largest absolute Gasteiger partial charge is 0.345 e. The Balaban J connectivity index is 2.18. The van der Waals surface area contributed by atoms with Gasteiger partial charge in [0.1, 0.15) is 5.15 Å². The normalized spacial score (nSPS) is 11.0. The molecule has 0 aliphatic carbocycles. The molecule has 0 saturated carbocycles. The van der Waals surface area contributed by atoms with E-state index in [2.05, 4.69) is 15.0 Å². The van der Waals surface area contributed by atoms with Gasteiger partial charge in [-0.15, -0.1) is 0 Å². The number of rotatable bonds is 2. The Morgan fingerprint density at radius 3 is 2.48 bits per heavy atom. The van der Waals surface area contributed by atoms with Crippen LogP contribution in [-0.4, -0.2) is 15.0 Å². The average Bonchev–Trinajstić information content (AvgIpc) is 3.09. The van der Waals surface area contributed by atoms with Gasteiger partial charge in [-0.05, 0) is 23.8 Å². The zero-order valence-electron chi connectivity index (χ0n) is 11.9. The molecule has 2 heterocycles. The number of pyridine rings is 1. The van der Waals surface area contributed by atoms with Crippen molar-refractivity contribution in [3.8, 4) is 22.4 Å². The number of fused-ring (bicyclic) bond motifs is 1. The number of halogens is 2. The van der Waals surface area contributed by atoms with E-state index in [4.69, 9.17) is 23.2 Å². The number of hydrogen-bond donors (Lipinski definition) is 1. The monoisotopic (exact) mass is 339 g/mol. The minimum Gasteiger partial charge on any atom is -0.345 e. The summed E-state index contributed by atoms with van der Waals surface area (Å²) in [4.78, 5) is 11.7. The predicted molar refractivity (Wildman–Crippen MR) is 94.8 cm³/mol. The Morgan fingerprint density at radius 1 is 0.913 bits per heavy atom. The highest BCUT2D eigenvalue weighted by atomic mass is 35.5. The molecule has 0 aliphatic rings. The van der Waals surface area contributed by atoms with Crippen LogP contribution in [0.25, 0.3) is 33.3 Å². The number of hydrogen-bond acceptors (Lipinski definition) is 2. The maximum atomic E-state index is 6.50. The van der Waals surface area contributed by atoms with E-state index >= 15 is 0 Å². The second-order valence-electron chi connectivity index (χ2n) is 5.15. The van der Waals surface area contributed by atoms with Crippen LogP contribution in [0.15, 0.2) is 61.1 Å². The summed E-state index contributed by atoms with van der Waals surface area (Å²) in [5, 5.41) is 2.05. The van der Waals surface area contributed by atoms with Crippen molar-refractivity contribution in [2.45, 2.75) is 0 Å². The molecule has 0 atom stereocenters. The van der Waals surface area contributed by atoms with E-state index in [0.29, 0.717) is 10.2 Å². The molecule has 1 N–H and O–H groups in total. The van der Waals surface area contributed by atoms with Crippen LogP contribution in [0.1, 0.15) is 0 Å². The van der Waals surface area contributed by atoms with Gasteiger partial charge in [0.05, 0.1) is 23.7 Å². The molecule has 2 aromatic carbocycles. The van der Waals surface area contributed by atoms with Gasteiger partial charge in [-0.25, -0.2) is 9.97 Å². The maximum absolute atomic E-state index is 6.50. The highest BCUT2D eigenvalue weighted by molar-refractivity contribution is 6.34. The number of nitrogens with zero attached hydrogens (tertiary/aromatic N) is 2. The number of H-pyrrole nitrogens is 1. The second kappa shape index (κ2) is 5.69. The molecule has 0 aliphatic heterocycles. The topological polar surface area (TPSA) is 41.6 Å². The van der Waals surface area contributed by atoms with Gasteiger partial charge in [-0.3, -0.25) is 0 Å². The molecule has 0 bridgehead atoms. The molecule has 4 rings (SSSR count). The lowest BCUT2D eigenvalue weighted by molar-refractivity contribution is 1.31. The van der Waals surface area contributed by atoms with Crippen molar-refractivity contribution in [1.82, 2.24) is 15.0 Å². The Hall–Kier alpha value is -2.36. The van der Waals surface area contributed by atoms with Crippen LogP contribution in [-0.2, 0) is 0 Å². The number of benzene rings is 2. The Labute approximate surface area is 142 Å². The van der Waals surface area contributed by atoms with Crippen LogP contribution < -0.4 is 0 Å². The fourth-order valence-electron chi connectivity index (χ4n) is 2.75. The molecule has 0 unspecified atom stereocenters. The summed E-state index contributed by atoms with van der Waals surface area (Å²) >= 11 is 12.7. The minimum absolute atomic E-state index is 0.433. The van der Waals surface area contributed by atoms with E-state index in [1.54, 1.807) is 12.5 Å². The molecule has 112 valence electrons. The third-order valence-electron chi connectivity index (χ3n) is 3.73. The molecule has 0 radical (unpaired) electrons. The van der Waals surface area contributed by atoms with Crippen LogP contribution in [0.3, 0.4) is 0 Å². The predicted octanol–water partition coefficient (Wildman–Crippen LogP) is 5.60. The van der Waals surface area contributed by atoms with E-state index in [0.717, 1.165) is 33.3 Å². The van der Waals surface area contributed by atoms with Gasteiger partial charge in [0.15, 0.2) is 0 Å². The molecule has 5 heteroatoms. The van der Waals surface area contributed by atoms with Crippen molar-refractivity contribution in [3.63, 3.8) is 0 Å². The molecule has 3 nitrogen and oxygen atoms in total. The van der Waals surface area contributed by atoms with E-state index < -0.39 is 0 Å². The third-order valence-corrected chi connectivity index (χ3v) is 4.24. The molecular formula is C18H11Cl2N3. The van der Waals surface area contributed by atoms with Crippen molar-refractivity contribution in [2.24, 2.45) is 0 Å². The zero-order chi connectivity index (χ0) is 15.8. The Kier molecular flexibility index (Phi) is 3.52. The summed E-state index contributed by atoms with van der Waals surface area (Å²) in [5.41, 5.74) is 4.50. The lowest BCUT2D eigenvalue weighted by atomic mass is 9.95. The summed E-state index contributed by atoms with van der Waals surface area (Å²) in [7, 11) is 0. The van der Waals surface area contributed by atoms with E-state index in [1.165, 1.54) is 0 Å². The first-order chi connectivity index (χ1) is 11.2. The molecule has 2 aromatic heterocycles. The van der Waals surface area contributed by atoms with Crippen LogP contribution in [0.5, 0.6) is 0 Å². The minimum atomic E-state index is 0.433. The summed E-state index contributed by atoms with van der Waals surface area (Å²) in [6, 6.07) is 15.7. The van der Waals surface area contributed by atoms with Gasteiger partial charge in [-0.2, -0.15) is 0 Å². The van der Waals surface area contributed by atoms with Crippen molar-refractivity contribution in [2.75, 3.05) is 0 Å². The Bertz CT molecular complexity index is 980. The van der Waals surface area contributed by atoms with Crippen molar-refractivity contribution < 1.29 is 0 Å². The van der Waals surface area contributed by atoms with Crippen LogP contribution >= 0.6 is 23.2 Å². The number of nitrogens with one attached hydrogen (secondary N) is 1. The highest BCUT2D eigenvalue weighted by Crippen LogP contribution is 2.41. The fraction of sp³-hybridized carbons (Fsp3) is 0. The summed E-state index contributed by atoms with van der Waals surface area (Å²) in [6.07, 6.45) is 3.37. The molecule has 4 aromatic rings. The number of imidazole rings is 1. The first-order valence-electron chi connectivity index (χ1n) is 7.07. The lowest BCUT2D eigenvalue weighted by Crippen LogP contribution is -1.93. The SMILES string of the molecule is Clc1ccc2nc(Cl)c(-c3cnc[nH]3)c(-c3ccccc3)c2c1. The zero-order valence-corrected chi connectivity index (χ0v) is 13.4. The number of aromatic nitrogens is 3. The van der Waals surface area contributed by atoms with Gasteiger partial charge >= 0.3 is 0 Å². The summed E-state index contributed by atoms with van der Waals surface area (Å²) < 4.78 is 0. The fourth-order valence-corrected chi connectivity index (χ4v) is 3.21. The molecule has 0 spiro atoms. The number of aromatic amines is 1. The molecule has 0 saturated heterocycles. The second-order valence-corrected chi connectivity index (χ2v) is 5.94. The first-order valence-corrected chi connectivity index (χ1v) is 7.82. The van der Waals surface area contributed by atoms with Gasteiger partial charge in [0, 0.05) is 21.5 Å². The summed E-state index contributed by atoms with van der Waals surface area (Å²) in [6.45, 7) is 0. The van der Waals surface area contributed by atoms with Crippen molar-refractivity contribution >= 4 is 34.1 Å². The van der Waals surface area contributed by atoms with E-state index in [-0.39, 0.29) is 0 Å².